The van der Waals surface area contributed by atoms with Crippen LogP contribution < -0.4 is 11.1 Å². The molecule has 1 fully saturated rings. The molecule has 7 nitrogen and oxygen atoms in total. The molecule has 0 spiro atoms. The number of aliphatic hydroxyl groups is 1. The van der Waals surface area contributed by atoms with Gasteiger partial charge in [0.05, 0.1) is 11.8 Å². The number of hydrogen-bond donors (Lipinski definition) is 3. The Morgan fingerprint density at radius 1 is 1.22 bits per heavy atom. The highest BCUT2D eigenvalue weighted by Crippen LogP contribution is 2.30. The molecule has 3 atom stereocenters. The summed E-state index contributed by atoms with van der Waals surface area (Å²) in [5.41, 5.74) is 4.46. The van der Waals surface area contributed by atoms with E-state index in [1.807, 2.05) is 51.1 Å². The summed E-state index contributed by atoms with van der Waals surface area (Å²) in [5.74, 6) is -2.13. The van der Waals surface area contributed by atoms with Crippen molar-refractivity contribution >= 4 is 40.7 Å². The number of ketones is 1. The third kappa shape index (κ3) is 5.58. The van der Waals surface area contributed by atoms with Gasteiger partial charge in [-0.1, -0.05) is 30.3 Å². The van der Waals surface area contributed by atoms with Crippen LogP contribution in [-0.2, 0) is 16.0 Å². The molecule has 1 saturated heterocycles. The first-order valence-corrected chi connectivity index (χ1v) is 12.4. The molecule has 0 radical (unpaired) electrons. The van der Waals surface area contributed by atoms with E-state index in [2.05, 4.69) is 5.32 Å². The third-order valence-corrected chi connectivity index (χ3v) is 6.92. The van der Waals surface area contributed by atoms with Crippen LogP contribution in [0.5, 0.6) is 0 Å². The maximum Gasteiger partial charge on any atom is 0.271 e. The molecule has 2 heterocycles. The summed E-state index contributed by atoms with van der Waals surface area (Å²) in [6.07, 6.45) is 0.0914. The Morgan fingerprint density at radius 2 is 1.91 bits per heavy atom. The second kappa shape index (κ2) is 9.74. The van der Waals surface area contributed by atoms with Gasteiger partial charge >= 0.3 is 0 Å². The number of thiophene rings is 1. The van der Waals surface area contributed by atoms with E-state index in [4.69, 9.17) is 5.73 Å². The molecule has 1 aromatic heterocycles. The van der Waals surface area contributed by atoms with Gasteiger partial charge in [0.2, 0.25) is 11.6 Å². The Morgan fingerprint density at radius 3 is 2.50 bits per heavy atom. The van der Waals surface area contributed by atoms with Crippen molar-refractivity contribution in [3.8, 4) is 0 Å². The van der Waals surface area contributed by atoms with Crippen molar-refractivity contribution in [2.75, 3.05) is 11.6 Å². The first-order valence-electron chi connectivity index (χ1n) is 10.3. The smallest absolute Gasteiger partial charge is 0.271 e. The molecule has 1 aliphatic heterocycles. The Balaban J connectivity index is 1.90. The number of thioether (sulfide) groups is 1. The zero-order chi connectivity index (χ0) is 23.5. The SMILES string of the molecule is CC(C)(C)NC(=O)C1CSCN1C(=O)[C@@](N)(O)[C@H](Cc1ccccc1)C(=O)c1ccsc1. The first-order chi connectivity index (χ1) is 15.0. The maximum atomic E-state index is 13.5. The van der Waals surface area contributed by atoms with Crippen LogP contribution >= 0.6 is 23.1 Å². The first kappa shape index (κ1) is 24.4. The van der Waals surface area contributed by atoms with Crippen LogP contribution in [0.15, 0.2) is 47.2 Å². The van der Waals surface area contributed by atoms with Crippen molar-refractivity contribution in [1.29, 1.82) is 0 Å². The lowest BCUT2D eigenvalue weighted by Crippen LogP contribution is -2.64. The van der Waals surface area contributed by atoms with Gasteiger partial charge < -0.3 is 15.3 Å². The molecular formula is C23H29N3O4S2. The van der Waals surface area contributed by atoms with Gasteiger partial charge in [-0.3, -0.25) is 20.1 Å². The van der Waals surface area contributed by atoms with E-state index in [1.165, 1.54) is 28.0 Å². The Kier molecular flexibility index (Phi) is 7.44. The van der Waals surface area contributed by atoms with Crippen LogP contribution in [0.1, 0.15) is 36.7 Å². The Hall–Kier alpha value is -2.20. The predicted octanol–water partition coefficient (Wildman–Crippen LogP) is 2.25. The van der Waals surface area contributed by atoms with Gasteiger partial charge in [-0.05, 0) is 44.2 Å². The molecule has 32 heavy (non-hydrogen) atoms. The second-order valence-electron chi connectivity index (χ2n) is 8.97. The summed E-state index contributed by atoms with van der Waals surface area (Å²) in [6.45, 7) is 5.56. The number of rotatable bonds is 7. The van der Waals surface area contributed by atoms with Gasteiger partial charge in [0, 0.05) is 22.2 Å². The standard InChI is InChI=1S/C23H29N3O4S2/c1-22(2,3)25-20(28)18-13-32-14-26(18)21(29)23(24,30)17(11-15-7-5-4-6-8-15)19(27)16-9-10-31-12-16/h4-10,12,17-18,30H,11,13-14,24H2,1-3H3,(H,25,28)/t17-,18?,23+/m1/s1. The van der Waals surface area contributed by atoms with Crippen molar-refractivity contribution in [1.82, 2.24) is 10.2 Å². The summed E-state index contributed by atoms with van der Waals surface area (Å²) in [6, 6.07) is 10.0. The maximum absolute atomic E-state index is 13.5. The molecule has 1 unspecified atom stereocenters. The van der Waals surface area contributed by atoms with Gasteiger partial charge in [0.15, 0.2) is 5.78 Å². The number of nitrogens with one attached hydrogen (secondary N) is 1. The average molecular weight is 476 g/mol. The topological polar surface area (TPSA) is 113 Å². The fourth-order valence-corrected chi connectivity index (χ4v) is 5.39. The zero-order valence-corrected chi connectivity index (χ0v) is 20.0. The fraction of sp³-hybridized carbons (Fsp3) is 0.435. The van der Waals surface area contributed by atoms with E-state index in [9.17, 15) is 19.5 Å². The normalized spacial score (nSPS) is 19.3. The highest BCUT2D eigenvalue weighted by atomic mass is 32.2. The number of benzene rings is 1. The molecule has 0 saturated carbocycles. The largest absolute Gasteiger partial charge is 0.367 e. The third-order valence-electron chi connectivity index (χ3n) is 5.22. The summed E-state index contributed by atoms with van der Waals surface area (Å²) in [4.78, 5) is 40.8. The molecule has 9 heteroatoms. The fourth-order valence-electron chi connectivity index (χ4n) is 3.60. The summed E-state index contributed by atoms with van der Waals surface area (Å²) in [7, 11) is 0. The number of hydrogen-bond acceptors (Lipinski definition) is 7. The molecule has 2 aromatic rings. The molecule has 2 amide bonds. The summed E-state index contributed by atoms with van der Waals surface area (Å²) >= 11 is 2.76. The van der Waals surface area contributed by atoms with Crippen LogP contribution in [0.2, 0.25) is 0 Å². The van der Waals surface area contributed by atoms with Crippen molar-refractivity contribution < 1.29 is 19.5 Å². The minimum atomic E-state index is -2.47. The van der Waals surface area contributed by atoms with Crippen LogP contribution in [-0.4, -0.2) is 56.5 Å². The highest BCUT2D eigenvalue weighted by molar-refractivity contribution is 7.99. The lowest BCUT2D eigenvalue weighted by molar-refractivity contribution is -0.158. The second-order valence-corrected chi connectivity index (χ2v) is 10.8. The van der Waals surface area contributed by atoms with Gasteiger partial charge in [0.1, 0.15) is 6.04 Å². The molecule has 1 aliphatic rings. The minimum absolute atomic E-state index is 0.0914. The number of amides is 2. The van der Waals surface area contributed by atoms with E-state index in [-0.39, 0.29) is 18.2 Å². The van der Waals surface area contributed by atoms with Gasteiger partial charge in [0.25, 0.3) is 5.91 Å². The predicted molar refractivity (Wildman–Crippen MR) is 127 cm³/mol. The molecular weight excluding hydrogens is 446 g/mol. The van der Waals surface area contributed by atoms with Crippen molar-refractivity contribution in [3.63, 3.8) is 0 Å². The number of carbonyl (C=O) groups excluding carboxylic acids is 3. The summed E-state index contributed by atoms with van der Waals surface area (Å²) in [5, 5.41) is 17.6. The lowest BCUT2D eigenvalue weighted by atomic mass is 9.83. The number of nitrogens with zero attached hydrogens (tertiary/aromatic N) is 1. The van der Waals surface area contributed by atoms with Crippen LogP contribution in [0.3, 0.4) is 0 Å². The molecule has 0 aliphatic carbocycles. The van der Waals surface area contributed by atoms with Crippen molar-refractivity contribution in [2.24, 2.45) is 11.7 Å². The zero-order valence-electron chi connectivity index (χ0n) is 18.4. The van der Waals surface area contributed by atoms with E-state index in [0.29, 0.717) is 11.3 Å². The number of nitrogens with two attached hydrogens (primary N) is 1. The van der Waals surface area contributed by atoms with Crippen LogP contribution in [0, 0.1) is 5.92 Å². The van der Waals surface area contributed by atoms with Crippen LogP contribution in [0.25, 0.3) is 0 Å². The number of carbonyl (C=O) groups is 3. The Bertz CT molecular complexity index is 955. The van der Waals surface area contributed by atoms with E-state index >= 15 is 0 Å². The van der Waals surface area contributed by atoms with Crippen molar-refractivity contribution in [2.45, 2.75) is 44.5 Å². The van der Waals surface area contributed by atoms with E-state index in [1.54, 1.807) is 16.8 Å². The average Bonchev–Trinajstić information content (AvgIpc) is 3.42. The van der Waals surface area contributed by atoms with Crippen molar-refractivity contribution in [3.05, 3.63) is 58.3 Å². The molecule has 4 N–H and O–H groups in total. The molecule has 3 rings (SSSR count). The molecule has 0 bridgehead atoms. The monoisotopic (exact) mass is 475 g/mol. The van der Waals surface area contributed by atoms with Gasteiger partial charge in [-0.25, -0.2) is 0 Å². The quantitative estimate of drug-likeness (QED) is 0.418. The minimum Gasteiger partial charge on any atom is -0.367 e. The van der Waals surface area contributed by atoms with Gasteiger partial charge in [-0.2, -0.15) is 11.3 Å². The molecule has 1 aromatic carbocycles. The summed E-state index contributed by atoms with van der Waals surface area (Å²) < 4.78 is 0. The highest BCUT2D eigenvalue weighted by Gasteiger charge is 2.50. The van der Waals surface area contributed by atoms with Crippen LogP contribution in [0.4, 0.5) is 0 Å². The Labute approximate surface area is 196 Å². The van der Waals surface area contributed by atoms with Gasteiger partial charge in [-0.15, -0.1) is 11.8 Å². The number of Topliss-reactive ketones (excluding diaryl/α,β-unsaturated/α-hetero) is 1. The lowest BCUT2D eigenvalue weighted by Gasteiger charge is -2.36. The van der Waals surface area contributed by atoms with E-state index in [0.717, 1.165) is 5.56 Å². The van der Waals surface area contributed by atoms with E-state index < -0.39 is 34.9 Å². The molecule has 172 valence electrons.